The van der Waals surface area contributed by atoms with Crippen molar-refractivity contribution in [2.75, 3.05) is 12.8 Å². The zero-order valence-corrected chi connectivity index (χ0v) is 35.6. The molecule has 2 N–H and O–H groups in total. The van der Waals surface area contributed by atoms with Crippen LogP contribution in [0.4, 0.5) is 5.69 Å². The number of nitro benzene ring substituents is 1. The maximum Gasteiger partial charge on any atom is 0.305 e. The van der Waals surface area contributed by atoms with Gasteiger partial charge in [0.15, 0.2) is 4.84 Å². The number of esters is 1. The Bertz CT molecular complexity index is 1670. The molecule has 0 unspecified atom stereocenters. The molecule has 0 fully saturated rings. The number of amides is 1. The molecule has 4 aromatic rings. The lowest BCUT2D eigenvalue weighted by atomic mass is 10.0. The van der Waals surface area contributed by atoms with Crippen molar-refractivity contribution < 1.29 is 24.4 Å². The Hall–Kier alpha value is -2.46. The van der Waals surface area contributed by atoms with Crippen LogP contribution in [0.5, 0.6) is 0 Å². The van der Waals surface area contributed by atoms with Crippen LogP contribution in [-0.2, 0) is 14.3 Å². The quantitative estimate of drug-likeness (QED) is 0.0228. The highest BCUT2D eigenvalue weighted by molar-refractivity contribution is 8.93. The van der Waals surface area contributed by atoms with E-state index in [-0.39, 0.29) is 41.3 Å². The largest absolute Gasteiger partial charge is 0.463 e. The average molecular weight is 923 g/mol. The molecule has 4 aromatic carbocycles. The van der Waals surface area contributed by atoms with Gasteiger partial charge in [-0.15, -0.1) is 17.0 Å². The van der Waals surface area contributed by atoms with Crippen molar-refractivity contribution in [2.45, 2.75) is 68.3 Å². The number of nitrogens with one attached hydrogen (secondary N) is 1. The van der Waals surface area contributed by atoms with E-state index in [1.807, 2.05) is 36.4 Å². The van der Waals surface area contributed by atoms with E-state index in [1.54, 1.807) is 0 Å². The number of rotatable bonds is 20. The summed E-state index contributed by atoms with van der Waals surface area (Å²) < 4.78 is 5.38. The van der Waals surface area contributed by atoms with E-state index in [0.717, 1.165) is 44.7 Å². The van der Waals surface area contributed by atoms with Gasteiger partial charge < -0.3 is 15.2 Å². The highest BCUT2D eigenvalue weighted by Crippen LogP contribution is 2.56. The molecule has 8 nitrogen and oxygen atoms in total. The first-order valence-corrected chi connectivity index (χ1v) is 21.2. The van der Waals surface area contributed by atoms with Gasteiger partial charge in [-0.3, -0.25) is 19.7 Å². The fourth-order valence-electron chi connectivity index (χ4n) is 6.16. The van der Waals surface area contributed by atoms with Gasteiger partial charge in [-0.05, 0) is 110 Å². The molecule has 0 aliphatic rings. The third-order valence-corrected chi connectivity index (χ3v) is 14.6. The van der Waals surface area contributed by atoms with Gasteiger partial charge in [-0.1, -0.05) is 83.7 Å². The van der Waals surface area contributed by atoms with E-state index in [0.29, 0.717) is 21.5 Å². The Balaban J connectivity index is 0.00000784. The van der Waals surface area contributed by atoms with Crippen molar-refractivity contribution >= 4 is 116 Å². The summed E-state index contributed by atoms with van der Waals surface area (Å²) in [5, 5.41) is 30.1. The van der Waals surface area contributed by atoms with Gasteiger partial charge in [-0.25, -0.2) is 0 Å². The van der Waals surface area contributed by atoms with Crippen molar-refractivity contribution in [2.24, 2.45) is 0 Å². The summed E-state index contributed by atoms with van der Waals surface area (Å²) in [4.78, 5) is 33.7. The van der Waals surface area contributed by atoms with Crippen LogP contribution in [0.3, 0.4) is 0 Å². The van der Waals surface area contributed by atoms with Crippen LogP contribution in [0.2, 0.25) is 15.1 Å². The predicted molar refractivity (Wildman–Crippen MR) is 229 cm³/mol. The van der Waals surface area contributed by atoms with E-state index < -0.39 is 41.0 Å². The Morgan fingerprint density at radius 1 is 0.704 bits per heavy atom. The monoisotopic (exact) mass is 919 g/mol. The minimum Gasteiger partial charge on any atom is -0.463 e. The molecule has 0 saturated carbocycles. The van der Waals surface area contributed by atoms with E-state index in [4.69, 9.17) is 62.7 Å². The molecular weight excluding hydrogens is 881 g/mol. The number of benzene rings is 4. The third-order valence-electron chi connectivity index (χ3n) is 8.95. The molecule has 0 saturated heterocycles. The minimum absolute atomic E-state index is 0. The van der Waals surface area contributed by atoms with Gasteiger partial charge in [0.2, 0.25) is 0 Å². The number of nitro groups is 1. The summed E-state index contributed by atoms with van der Waals surface area (Å²) in [6.07, 6.45) is 6.40. The second-order valence-electron chi connectivity index (χ2n) is 12.6. The smallest absolute Gasteiger partial charge is 0.305 e. The summed E-state index contributed by atoms with van der Waals surface area (Å²) in [6, 6.07) is 28.6. The summed E-state index contributed by atoms with van der Waals surface area (Å²) in [6.45, 7) is -0.338. The molecule has 4 rings (SSSR count). The zero-order valence-electron chi connectivity index (χ0n) is 29.2. The zero-order chi connectivity index (χ0) is 38.4. The fourth-order valence-corrected chi connectivity index (χ4v) is 11.0. The van der Waals surface area contributed by atoms with Crippen LogP contribution in [0, 0.1) is 10.1 Å². The lowest BCUT2D eigenvalue weighted by molar-refractivity contribution is -0.384. The molecule has 0 radical (unpaired) electrons. The predicted octanol–water partition coefficient (Wildman–Crippen LogP) is 10.1. The number of aliphatic hydroxyl groups excluding tert-OH is 1. The van der Waals surface area contributed by atoms with E-state index in [1.165, 1.54) is 40.2 Å². The summed E-state index contributed by atoms with van der Waals surface area (Å²) in [7, 11) is -2.05. The van der Waals surface area contributed by atoms with E-state index in [9.17, 15) is 24.8 Å². The lowest BCUT2D eigenvalue weighted by Gasteiger charge is -2.28. The van der Waals surface area contributed by atoms with Crippen LogP contribution in [0.15, 0.2) is 97.1 Å². The third kappa shape index (κ3) is 13.3. The van der Waals surface area contributed by atoms with Crippen LogP contribution in [-0.4, -0.2) is 45.6 Å². The minimum atomic E-state index is -2.05. The van der Waals surface area contributed by atoms with E-state index >= 15 is 0 Å². The SMILES string of the molecule is Br.O=C(CCCCCCCCC[P+](c1ccc(Cl)cc1)(c1ccc(Cl)cc1)c1ccc(Cl)cc1)OC[C@H](NC(=O)C(Cl)Cl)[C@H](O)c1ccc([N+](=O)[O-])cc1. The van der Waals surface area contributed by atoms with Crippen LogP contribution in [0.1, 0.15) is 63.0 Å². The van der Waals surface area contributed by atoms with Crippen LogP contribution >= 0.6 is 82.2 Å². The summed E-state index contributed by atoms with van der Waals surface area (Å²) in [5.41, 5.74) is 0.125. The molecule has 0 heterocycles. The number of ether oxygens (including phenoxy) is 1. The lowest BCUT2D eigenvalue weighted by Crippen LogP contribution is -2.45. The van der Waals surface area contributed by atoms with Gasteiger partial charge in [0, 0.05) is 33.6 Å². The van der Waals surface area contributed by atoms with E-state index in [2.05, 4.69) is 41.7 Å². The van der Waals surface area contributed by atoms with Crippen molar-refractivity contribution in [3.63, 3.8) is 0 Å². The molecule has 0 aliphatic heterocycles. The first-order valence-electron chi connectivity index (χ1n) is 17.2. The van der Waals surface area contributed by atoms with Gasteiger partial charge in [0.1, 0.15) is 35.9 Å². The standard InChI is InChI=1S/C39H40Cl5N2O6P.BrH/c40-28-11-19-32(20-12-28)53(33-21-13-29(41)14-22-33,34-23-15-30(42)16-24-34)25-7-5-3-1-2-4-6-8-36(47)52-26-35(45-39(49)38(43)44)37(48)27-9-17-31(18-10-27)46(50)51;/h9-24,35,37-38,48H,1-8,25-26H2;1H/p+1/t35-,37+;/m0./s1. The summed E-state index contributed by atoms with van der Waals surface area (Å²) in [5.74, 6) is -1.25. The number of aliphatic hydroxyl groups is 1. The van der Waals surface area contributed by atoms with Gasteiger partial charge in [0.05, 0.1) is 17.1 Å². The van der Waals surface area contributed by atoms with Crippen molar-refractivity contribution in [1.82, 2.24) is 5.32 Å². The number of non-ortho nitro benzene ring substituents is 1. The number of hydrogen-bond acceptors (Lipinski definition) is 6. The van der Waals surface area contributed by atoms with Crippen molar-refractivity contribution in [3.8, 4) is 0 Å². The molecule has 54 heavy (non-hydrogen) atoms. The normalized spacial score (nSPS) is 12.4. The Morgan fingerprint density at radius 2 is 1.13 bits per heavy atom. The molecule has 0 bridgehead atoms. The van der Waals surface area contributed by atoms with Gasteiger partial charge >= 0.3 is 5.97 Å². The number of carbonyl (C=O) groups is 2. The summed E-state index contributed by atoms with van der Waals surface area (Å²) >= 11 is 30.3. The fraction of sp³-hybridized carbons (Fsp3) is 0.333. The number of hydrogen-bond donors (Lipinski definition) is 2. The first kappa shape index (κ1) is 45.9. The number of alkyl halides is 2. The van der Waals surface area contributed by atoms with Crippen molar-refractivity contribution in [3.05, 3.63) is 128 Å². The molecule has 0 aromatic heterocycles. The number of nitrogens with zero attached hydrogens (tertiary/aromatic N) is 1. The van der Waals surface area contributed by atoms with Crippen molar-refractivity contribution in [1.29, 1.82) is 0 Å². The number of unbranched alkanes of at least 4 members (excludes halogenated alkanes) is 6. The molecule has 0 aliphatic carbocycles. The molecule has 2 atom stereocenters. The average Bonchev–Trinajstić information content (AvgIpc) is 3.15. The second kappa shape index (κ2) is 22.9. The maximum absolute atomic E-state index is 12.6. The highest BCUT2D eigenvalue weighted by atomic mass is 79.9. The molecular formula is C39H42BrCl5N2O6P+. The van der Waals surface area contributed by atoms with Gasteiger partial charge in [0.25, 0.3) is 11.6 Å². The molecule has 290 valence electrons. The van der Waals surface area contributed by atoms with Gasteiger partial charge in [-0.2, -0.15) is 0 Å². The van der Waals surface area contributed by atoms with Crippen LogP contribution < -0.4 is 21.2 Å². The first-order chi connectivity index (χ1) is 25.4. The topological polar surface area (TPSA) is 119 Å². The maximum atomic E-state index is 12.6. The highest BCUT2D eigenvalue weighted by Gasteiger charge is 2.44. The molecule has 15 heteroatoms. The Labute approximate surface area is 352 Å². The molecule has 0 spiro atoms. The Kier molecular flexibility index (Phi) is 19.5. The second-order valence-corrected chi connectivity index (χ2v) is 18.6. The van der Waals surface area contributed by atoms with Crippen LogP contribution in [0.25, 0.3) is 0 Å². The molecule has 1 amide bonds. The number of halogens is 6. The number of carbonyl (C=O) groups excluding carboxylic acids is 2. The Morgan fingerprint density at radius 3 is 1.56 bits per heavy atom.